The quantitative estimate of drug-likeness (QED) is 0.371. The molecule has 1 atom stereocenters. The van der Waals surface area contributed by atoms with Crippen LogP contribution in [0.15, 0.2) is 42.7 Å². The monoisotopic (exact) mass is 602 g/mol. The number of carbonyl (C=O) groups is 1. The second-order valence-electron chi connectivity index (χ2n) is 12.7. The van der Waals surface area contributed by atoms with Gasteiger partial charge in [-0.1, -0.05) is 26.0 Å². The molecule has 0 spiro atoms. The van der Waals surface area contributed by atoms with Crippen LogP contribution in [-0.2, 0) is 38.1 Å². The molecule has 6 rings (SSSR count). The van der Waals surface area contributed by atoms with Crippen LogP contribution < -0.4 is 10.2 Å². The third-order valence-electron chi connectivity index (χ3n) is 9.17. The minimum atomic E-state index is -4.64. The van der Waals surface area contributed by atoms with E-state index in [0.29, 0.717) is 48.2 Å². The van der Waals surface area contributed by atoms with Gasteiger partial charge in [-0.05, 0) is 46.9 Å². The molecule has 1 aromatic heterocycles. The van der Waals surface area contributed by atoms with Crippen molar-refractivity contribution in [3.63, 3.8) is 0 Å². The molecule has 12 heteroatoms. The number of aromatic nitrogens is 3. The van der Waals surface area contributed by atoms with Crippen LogP contribution in [-0.4, -0.2) is 57.2 Å². The van der Waals surface area contributed by atoms with E-state index in [1.54, 1.807) is 41.9 Å². The summed E-state index contributed by atoms with van der Waals surface area (Å²) < 4.78 is 73.3. The standard InChI is InChI=1S/C31H35F5N6O/c1-19(2)26-15-41(8-7-37-26)13-20-9-23-24(25(10-20)31(34,35)36)14-42(28(23)43)22-6-4-5-21(11-22)29(16-30(32,33)17-29)12-27-39-38-18-40(27)3/h4-6,9-11,18-19,26,37H,7-8,12-17H2,1-3H3/t26-/m0/s1. The molecule has 1 saturated heterocycles. The Morgan fingerprint density at radius 2 is 1.91 bits per heavy atom. The second kappa shape index (κ2) is 10.7. The number of nitrogens with one attached hydrogen (secondary N) is 1. The van der Waals surface area contributed by atoms with Crippen LogP contribution in [0, 0.1) is 5.92 Å². The van der Waals surface area contributed by atoms with Crippen molar-refractivity contribution < 1.29 is 26.7 Å². The molecular weight excluding hydrogens is 567 g/mol. The Morgan fingerprint density at radius 3 is 2.56 bits per heavy atom. The van der Waals surface area contributed by atoms with Crippen molar-refractivity contribution in [2.24, 2.45) is 13.0 Å². The number of amides is 1. The second-order valence-corrected chi connectivity index (χ2v) is 12.7. The highest BCUT2D eigenvalue weighted by atomic mass is 19.4. The van der Waals surface area contributed by atoms with Crippen LogP contribution in [0.2, 0.25) is 0 Å². The van der Waals surface area contributed by atoms with Crippen LogP contribution in [0.4, 0.5) is 27.6 Å². The molecule has 2 aliphatic heterocycles. The number of hydrogen-bond donors (Lipinski definition) is 1. The summed E-state index contributed by atoms with van der Waals surface area (Å²) in [6.07, 6.45) is -3.69. The molecule has 0 radical (unpaired) electrons. The van der Waals surface area contributed by atoms with Crippen molar-refractivity contribution >= 4 is 11.6 Å². The highest BCUT2D eigenvalue weighted by Gasteiger charge is 2.57. The van der Waals surface area contributed by atoms with E-state index in [9.17, 15) is 26.7 Å². The van der Waals surface area contributed by atoms with Crippen LogP contribution in [0.3, 0.4) is 0 Å². The van der Waals surface area contributed by atoms with Gasteiger partial charge in [-0.25, -0.2) is 8.78 Å². The zero-order valence-electron chi connectivity index (χ0n) is 24.4. The Balaban J connectivity index is 1.30. The van der Waals surface area contributed by atoms with Gasteiger partial charge in [0.1, 0.15) is 12.2 Å². The maximum absolute atomic E-state index is 14.3. The molecule has 3 heterocycles. The fourth-order valence-corrected chi connectivity index (χ4v) is 6.85. The number of hydrogen-bond acceptors (Lipinski definition) is 5. The Hall–Kier alpha value is -3.38. The molecule has 43 heavy (non-hydrogen) atoms. The molecular formula is C31H35F5N6O. The first-order valence-corrected chi connectivity index (χ1v) is 14.6. The van der Waals surface area contributed by atoms with Gasteiger partial charge in [-0.3, -0.25) is 9.69 Å². The summed E-state index contributed by atoms with van der Waals surface area (Å²) in [5.41, 5.74) is -0.345. The lowest BCUT2D eigenvalue weighted by molar-refractivity contribution is -0.138. The van der Waals surface area contributed by atoms with Crippen molar-refractivity contribution in [3.8, 4) is 0 Å². The van der Waals surface area contributed by atoms with Gasteiger partial charge in [0.25, 0.3) is 5.91 Å². The smallest absolute Gasteiger partial charge is 0.321 e. The van der Waals surface area contributed by atoms with E-state index in [1.165, 1.54) is 17.3 Å². The van der Waals surface area contributed by atoms with E-state index in [2.05, 4.69) is 34.3 Å². The number of fused-ring (bicyclic) bond motifs is 1. The highest BCUT2D eigenvalue weighted by Crippen LogP contribution is 2.55. The molecule has 230 valence electrons. The number of nitrogens with zero attached hydrogens (tertiary/aromatic N) is 5. The SMILES string of the molecule is CC(C)[C@@H]1CN(Cc2cc3c(c(C(F)(F)F)c2)CN(c2cccc(C4(Cc5nncn5C)CC(F)(F)C4)c2)C3=O)CCN1. The third kappa shape index (κ3) is 5.66. The third-order valence-corrected chi connectivity index (χ3v) is 9.17. The minimum Gasteiger partial charge on any atom is -0.321 e. The number of piperazine rings is 1. The molecule has 2 fully saturated rings. The topological polar surface area (TPSA) is 66.3 Å². The number of halogens is 5. The summed E-state index contributed by atoms with van der Waals surface area (Å²) in [4.78, 5) is 17.1. The largest absolute Gasteiger partial charge is 0.416 e. The zero-order chi connectivity index (χ0) is 30.7. The fourth-order valence-electron chi connectivity index (χ4n) is 6.85. The summed E-state index contributed by atoms with van der Waals surface area (Å²) in [5, 5.41) is 11.4. The predicted octanol–water partition coefficient (Wildman–Crippen LogP) is 5.33. The first kappa shape index (κ1) is 29.7. The van der Waals surface area contributed by atoms with Crippen molar-refractivity contribution in [2.75, 3.05) is 24.5 Å². The van der Waals surface area contributed by atoms with Crippen LogP contribution in [0.25, 0.3) is 0 Å². The summed E-state index contributed by atoms with van der Waals surface area (Å²) >= 11 is 0. The first-order chi connectivity index (χ1) is 20.2. The molecule has 0 unspecified atom stereocenters. The number of benzene rings is 2. The Kier molecular flexibility index (Phi) is 7.36. The van der Waals surface area contributed by atoms with Crippen molar-refractivity contribution in [1.29, 1.82) is 0 Å². The predicted molar refractivity (Wildman–Crippen MR) is 151 cm³/mol. The van der Waals surface area contributed by atoms with E-state index in [-0.39, 0.29) is 30.1 Å². The number of rotatable bonds is 7. The first-order valence-electron chi connectivity index (χ1n) is 14.6. The average Bonchev–Trinajstić information content (AvgIpc) is 3.48. The average molecular weight is 603 g/mol. The maximum atomic E-state index is 14.3. The molecule has 1 N–H and O–H groups in total. The van der Waals surface area contributed by atoms with Gasteiger partial charge in [-0.15, -0.1) is 10.2 Å². The number of anilines is 1. The van der Waals surface area contributed by atoms with Gasteiger partial charge in [0.05, 0.1) is 12.1 Å². The van der Waals surface area contributed by atoms with Crippen molar-refractivity contribution in [1.82, 2.24) is 25.0 Å². The highest BCUT2D eigenvalue weighted by molar-refractivity contribution is 6.10. The van der Waals surface area contributed by atoms with Gasteiger partial charge in [0.2, 0.25) is 5.92 Å². The summed E-state index contributed by atoms with van der Waals surface area (Å²) in [5.74, 6) is -2.44. The van der Waals surface area contributed by atoms with E-state index >= 15 is 0 Å². The summed E-state index contributed by atoms with van der Waals surface area (Å²) in [7, 11) is 1.74. The molecule has 1 amide bonds. The normalized spacial score (nSPS) is 21.7. The van der Waals surface area contributed by atoms with Crippen LogP contribution in [0.1, 0.15) is 65.1 Å². The Morgan fingerprint density at radius 1 is 1.14 bits per heavy atom. The van der Waals surface area contributed by atoms with Gasteiger partial charge in [0, 0.05) is 75.2 Å². The van der Waals surface area contributed by atoms with E-state index in [1.807, 2.05) is 0 Å². The molecule has 3 aromatic rings. The maximum Gasteiger partial charge on any atom is 0.416 e. The van der Waals surface area contributed by atoms with Crippen molar-refractivity contribution in [2.45, 2.75) is 69.8 Å². The van der Waals surface area contributed by atoms with Gasteiger partial charge in [0.15, 0.2) is 0 Å². The number of carbonyl (C=O) groups excluding carboxylic acids is 1. The van der Waals surface area contributed by atoms with Gasteiger partial charge in [-0.2, -0.15) is 13.2 Å². The van der Waals surface area contributed by atoms with Crippen LogP contribution >= 0.6 is 0 Å². The van der Waals surface area contributed by atoms with Crippen molar-refractivity contribution in [3.05, 3.63) is 76.4 Å². The fraction of sp³-hybridized carbons (Fsp3) is 0.516. The molecule has 1 aliphatic carbocycles. The lowest BCUT2D eigenvalue weighted by Gasteiger charge is -2.48. The van der Waals surface area contributed by atoms with E-state index < -0.39 is 41.8 Å². The zero-order valence-corrected chi connectivity index (χ0v) is 24.4. The molecule has 7 nitrogen and oxygen atoms in total. The molecule has 1 saturated carbocycles. The Bertz CT molecular complexity index is 1530. The molecule has 2 aromatic carbocycles. The van der Waals surface area contributed by atoms with E-state index in [0.717, 1.165) is 6.54 Å². The minimum absolute atomic E-state index is 0.0368. The van der Waals surface area contributed by atoms with E-state index in [4.69, 9.17) is 0 Å². The summed E-state index contributed by atoms with van der Waals surface area (Å²) in [6.45, 7) is 6.42. The number of aryl methyl sites for hydroxylation is 1. The van der Waals surface area contributed by atoms with Gasteiger partial charge < -0.3 is 14.8 Å². The summed E-state index contributed by atoms with van der Waals surface area (Å²) in [6, 6.07) is 9.71. The molecule has 3 aliphatic rings. The lowest BCUT2D eigenvalue weighted by atomic mass is 9.60. The van der Waals surface area contributed by atoms with Crippen LogP contribution in [0.5, 0.6) is 0 Å². The van der Waals surface area contributed by atoms with Gasteiger partial charge >= 0.3 is 6.18 Å². The lowest BCUT2D eigenvalue weighted by Crippen LogP contribution is -2.52. The Labute approximate surface area is 247 Å². The number of alkyl halides is 5. The molecule has 0 bridgehead atoms.